The number of para-hydroxylation sites is 7. The normalized spacial score (nSPS) is 15.8. The first-order valence-electron chi connectivity index (χ1n) is 51.0. The molecule has 24 aromatic rings. The van der Waals surface area contributed by atoms with Gasteiger partial charge in [-0.25, -0.2) is 0 Å². The smallest absolute Gasteiger partial charge is 0.510 e. The summed E-state index contributed by atoms with van der Waals surface area (Å²) in [7, 11) is 2.85. The fourth-order valence-corrected chi connectivity index (χ4v) is 28.2. The van der Waals surface area contributed by atoms with Gasteiger partial charge in [0.2, 0.25) is 16.9 Å². The quantitative estimate of drug-likeness (QED) is 0.0304. The van der Waals surface area contributed by atoms with Crippen molar-refractivity contribution in [1.29, 1.82) is 0 Å². The average Bonchev–Trinajstić information content (AvgIpc) is 1.49. The molecule has 8 aliphatic heterocycles. The topological polar surface area (TPSA) is 37.5 Å². The molecular formula is C136H101N11OsP+7. The Bertz CT molecular complexity index is 9260. The summed E-state index contributed by atoms with van der Waals surface area (Å²) in [6.07, 6.45) is 15.3. The van der Waals surface area contributed by atoms with E-state index in [1.807, 2.05) is 80.2 Å². The standard InChI is InChI=1S/2C32H22N2.C30H20N2.C27H19NP.C15H17N4.Os/c1-3-12-22(13-4-1)34(23-14-5-2-6-15-23)28-20-11-18-26-24-16-7-8-17-25(24)29-27-19-9-10-21-33(27)32(34)31(29)30(26)28;1-3-13-25(14-4-1)34(26-15-5-2-6-16-26)29-17-9-12-22-18-19-27-28-20-23-10-7-8-11-24(23)21-33(28)32(34)31(27)30(22)29;1-3-11-23(12-4-1)32(24-13-5-2-6-14-24)25-15-7-9-21-19-22-17-16-20-10-8-18-31-29(20)27(22)28(26(21)25)30(31)32;1-4-11-21(12-5-1)25-20-19-22-13-10-18-26(27(22)28-25)29(23-14-6-2-7-15-23)24-16-8-3-9-17-24;1-13-8-14(18-6-4-16(2)11-18)10-15(9-13)19-7-5-17(3)12-19;/h2*1-21,32H;1-19,30H;1-11,13-20H;4-9,11-12H,1-3H3;/q3*+2;-1;-3;+4/p+1. The number of hydrogen-bond acceptors (Lipinski definition) is 5. The zero-order chi connectivity index (χ0) is 98.3. The number of nitrogens with zero attached hydrogens (tertiary/aromatic N) is 11. The molecule has 706 valence electrons. The fourth-order valence-electron chi connectivity index (χ4n) is 25.5. The third kappa shape index (κ3) is 14.2. The van der Waals surface area contributed by atoms with Crippen LogP contribution in [-0.2, 0) is 19.8 Å². The van der Waals surface area contributed by atoms with Crippen LogP contribution >= 0.6 is 7.92 Å². The molecule has 0 spiro atoms. The molecule has 20 aromatic carbocycles. The molecule has 0 fully saturated rings. The van der Waals surface area contributed by atoms with Crippen LogP contribution in [0.5, 0.6) is 0 Å². The van der Waals surface area contributed by atoms with E-state index in [1.165, 1.54) is 193 Å². The summed E-state index contributed by atoms with van der Waals surface area (Å²) in [5.74, 6) is 0. The molecule has 12 heterocycles. The number of hydrogen-bond donors (Lipinski definition) is 0. The summed E-state index contributed by atoms with van der Waals surface area (Å²) in [5, 5.41) is 22.7. The maximum atomic E-state index is 5.11. The first-order chi connectivity index (χ1) is 73.2. The van der Waals surface area contributed by atoms with E-state index in [2.05, 4.69) is 522 Å². The van der Waals surface area contributed by atoms with Crippen molar-refractivity contribution in [2.45, 2.75) is 25.4 Å². The van der Waals surface area contributed by atoms with Gasteiger partial charge in [0.15, 0.2) is 35.7 Å². The van der Waals surface area contributed by atoms with Crippen molar-refractivity contribution in [2.24, 2.45) is 0 Å². The van der Waals surface area contributed by atoms with Crippen LogP contribution in [0, 0.1) is 32.4 Å². The Morgan fingerprint density at radius 2 is 0.765 bits per heavy atom. The molecule has 0 saturated heterocycles. The molecule has 3 atom stereocenters. The zero-order valence-corrected chi connectivity index (χ0v) is 85.9. The van der Waals surface area contributed by atoms with Gasteiger partial charge in [-0.3, -0.25) is 4.98 Å². The minimum Gasteiger partial charge on any atom is -0.510 e. The molecular weight excluding hydrogens is 2010 g/mol. The maximum absolute atomic E-state index is 5.11. The van der Waals surface area contributed by atoms with E-state index < -0.39 is 7.92 Å². The van der Waals surface area contributed by atoms with Gasteiger partial charge in [-0.05, 0) is 149 Å². The molecule has 149 heavy (non-hydrogen) atoms. The Balaban J connectivity index is 0.0000000927. The van der Waals surface area contributed by atoms with Crippen molar-refractivity contribution in [3.8, 4) is 33.8 Å². The largest absolute Gasteiger partial charge is 4.00 e. The van der Waals surface area contributed by atoms with E-state index in [-0.39, 0.29) is 38.3 Å². The summed E-state index contributed by atoms with van der Waals surface area (Å²) in [5.41, 5.74) is 29.2. The molecule has 3 unspecified atom stereocenters. The molecule has 32 rings (SSSR count). The number of aromatic nitrogens is 4. The van der Waals surface area contributed by atoms with Crippen LogP contribution in [-0.4, -0.2) is 28.9 Å². The third-order valence-electron chi connectivity index (χ3n) is 31.3. The summed E-state index contributed by atoms with van der Waals surface area (Å²) in [4.78, 5) is 13.3. The predicted molar refractivity (Wildman–Crippen MR) is 613 cm³/mol. The van der Waals surface area contributed by atoms with Gasteiger partial charge in [0.05, 0.1) is 32.7 Å². The molecule has 0 aliphatic carbocycles. The molecule has 4 aromatic heterocycles. The molecule has 13 heteroatoms. The fraction of sp³-hybridized carbons (Fsp3) is 0.0441. The van der Waals surface area contributed by atoms with E-state index >= 15 is 0 Å². The van der Waals surface area contributed by atoms with E-state index in [0.717, 1.165) is 28.1 Å². The van der Waals surface area contributed by atoms with Crippen LogP contribution in [0.3, 0.4) is 0 Å². The molecule has 11 nitrogen and oxygen atoms in total. The van der Waals surface area contributed by atoms with Crippen molar-refractivity contribution >= 4 is 173 Å². The van der Waals surface area contributed by atoms with E-state index in [1.54, 1.807) is 0 Å². The van der Waals surface area contributed by atoms with Gasteiger partial charge in [-0.15, -0.1) is 79.2 Å². The number of pyridine rings is 4. The second kappa shape index (κ2) is 36.7. The van der Waals surface area contributed by atoms with Crippen LogP contribution in [0.1, 0.15) is 40.8 Å². The molecule has 0 amide bonds. The third-order valence-corrected chi connectivity index (χ3v) is 34.1. The van der Waals surface area contributed by atoms with Gasteiger partial charge < -0.3 is 19.6 Å². The van der Waals surface area contributed by atoms with Gasteiger partial charge >= 0.3 is 38.3 Å². The monoisotopic (exact) mass is 2110 g/mol. The average molecular weight is 2110 g/mol. The minimum atomic E-state index is -1.17. The number of anilines is 2. The van der Waals surface area contributed by atoms with Gasteiger partial charge in [0.1, 0.15) is 80.2 Å². The van der Waals surface area contributed by atoms with Crippen LogP contribution in [0.2, 0.25) is 0 Å². The Kier molecular flexibility index (Phi) is 22.3. The van der Waals surface area contributed by atoms with Gasteiger partial charge in [-0.2, -0.15) is 32.3 Å². The minimum absolute atomic E-state index is 0. The van der Waals surface area contributed by atoms with Gasteiger partial charge in [0.25, 0.3) is 0 Å². The molecule has 0 radical (unpaired) electrons. The summed E-state index contributed by atoms with van der Waals surface area (Å²) in [6, 6.07) is 181. The van der Waals surface area contributed by atoms with Crippen molar-refractivity contribution < 1.29 is 33.5 Å². The predicted octanol–water partition coefficient (Wildman–Crippen LogP) is 30.5. The Labute approximate surface area is 881 Å². The second-order valence-corrected chi connectivity index (χ2v) is 41.9. The number of aryl methyl sites for hydroxylation is 1. The Morgan fingerprint density at radius 1 is 0.322 bits per heavy atom. The van der Waals surface area contributed by atoms with Crippen LogP contribution in [0.4, 0.5) is 62.6 Å². The number of rotatable bonds is 12. The zero-order valence-electron chi connectivity index (χ0n) is 82.3. The van der Waals surface area contributed by atoms with E-state index in [0.29, 0.717) is 13.4 Å². The Morgan fingerprint density at radius 3 is 1.34 bits per heavy atom. The molecule has 0 N–H and O–H groups in total. The second-order valence-electron chi connectivity index (χ2n) is 39.5. The molecule has 0 bridgehead atoms. The van der Waals surface area contributed by atoms with Crippen molar-refractivity contribution in [3.63, 3.8) is 0 Å². The Hall–Kier alpha value is -17.3. The summed E-state index contributed by atoms with van der Waals surface area (Å²) >= 11 is 0. The van der Waals surface area contributed by atoms with Gasteiger partial charge in [-0.1, -0.05) is 268 Å². The molecule has 0 saturated carbocycles. The number of fused-ring (bicyclic) bond motifs is 12. The summed E-state index contributed by atoms with van der Waals surface area (Å²) in [6.45, 7) is 6.17. The molecule has 8 aliphatic rings. The van der Waals surface area contributed by atoms with Crippen LogP contribution < -0.4 is 52.9 Å². The SMILES string of the molecule is Cc1cc(N2C=CN(C)[CH-]2)[c-]c(N2C=CN(C)[CH-]2)c1.[Os+4].[c-]1ccccc1-c1ccc2cccc([PH+](c3ccccc3)c3ccccc3)c2n1.c1ccc([N+]2(c3ccccc3)c3cccc4c3c3c(c5ccccc54)-c4cccc[n+]4C32)cc1.c1ccc([N+]2(c3ccccc3)c3cccc4cc5ccc6ccc[n+]7c6c5c(c34)C72)cc1.c1ccc([N+]2(c3ccccc3)c3cccc4ccc5c(c34)C2[n+]2cc3ccccc3cc2-5)cc1. The van der Waals surface area contributed by atoms with Crippen molar-refractivity contribution in [2.75, 3.05) is 23.9 Å². The van der Waals surface area contributed by atoms with E-state index in [4.69, 9.17) is 4.98 Å². The maximum Gasteiger partial charge on any atom is 4.00 e. The summed E-state index contributed by atoms with van der Waals surface area (Å²) < 4.78 is 9.56. The van der Waals surface area contributed by atoms with Crippen molar-refractivity contribution in [1.82, 2.24) is 28.2 Å². The van der Waals surface area contributed by atoms with E-state index in [9.17, 15) is 0 Å². The first-order valence-corrected chi connectivity index (χ1v) is 52.5. The number of benzene rings is 20. The first kappa shape index (κ1) is 90.5. The van der Waals surface area contributed by atoms with Crippen molar-refractivity contribution in [3.05, 3.63) is 570 Å². The van der Waals surface area contributed by atoms with Crippen LogP contribution in [0.15, 0.2) is 523 Å². The van der Waals surface area contributed by atoms with Gasteiger partial charge in [0, 0.05) is 131 Å². The number of quaternary nitrogens is 3. The van der Waals surface area contributed by atoms with Crippen LogP contribution in [0.25, 0.3) is 120 Å².